The Kier molecular flexibility index (Phi) is 4.92. The Labute approximate surface area is 96.5 Å². The topological polar surface area (TPSA) is 54.0 Å². The summed E-state index contributed by atoms with van der Waals surface area (Å²) in [6.45, 7) is 4.56. The molecule has 1 unspecified atom stereocenters. The minimum absolute atomic E-state index is 0.00557. The summed E-state index contributed by atoms with van der Waals surface area (Å²) in [4.78, 5) is 15.6. The van der Waals surface area contributed by atoms with Crippen molar-refractivity contribution >= 4 is 5.91 Å². The molecule has 0 fully saturated rings. The summed E-state index contributed by atoms with van der Waals surface area (Å²) in [5.74, 6) is -0.00557. The molecule has 1 amide bonds. The fraction of sp³-hybridized carbons (Fsp3) is 0.500. The van der Waals surface area contributed by atoms with Crippen LogP contribution < -0.4 is 10.6 Å². The van der Waals surface area contributed by atoms with Crippen LogP contribution >= 0.6 is 0 Å². The molecule has 16 heavy (non-hydrogen) atoms. The molecular weight excluding hydrogens is 202 g/mol. The normalized spacial score (nSPS) is 12.2. The summed E-state index contributed by atoms with van der Waals surface area (Å²) >= 11 is 0. The number of aromatic nitrogens is 1. The molecule has 88 valence electrons. The maximum Gasteiger partial charge on any atom is 0.236 e. The Morgan fingerprint density at radius 2 is 2.31 bits per heavy atom. The number of aryl methyl sites for hydroxylation is 1. The molecule has 0 bridgehead atoms. The summed E-state index contributed by atoms with van der Waals surface area (Å²) in [6, 6.07) is 3.80. The Bertz CT molecular complexity index is 352. The predicted octanol–water partition coefficient (Wildman–Crippen LogP) is 0.868. The summed E-state index contributed by atoms with van der Waals surface area (Å²) in [5, 5.41) is 5.76. The quantitative estimate of drug-likeness (QED) is 0.775. The Balaban J connectivity index is 2.57. The minimum atomic E-state index is -0.197. The average molecular weight is 221 g/mol. The lowest BCUT2D eigenvalue weighted by molar-refractivity contribution is -0.122. The van der Waals surface area contributed by atoms with Gasteiger partial charge in [0.15, 0.2) is 0 Å². The zero-order chi connectivity index (χ0) is 12.0. The number of nitrogens with one attached hydrogen (secondary N) is 2. The van der Waals surface area contributed by atoms with Gasteiger partial charge in [-0.15, -0.1) is 0 Å². The van der Waals surface area contributed by atoms with Crippen LogP contribution in [0.5, 0.6) is 0 Å². The fourth-order valence-corrected chi connectivity index (χ4v) is 1.51. The Morgan fingerprint density at radius 3 is 2.94 bits per heavy atom. The van der Waals surface area contributed by atoms with Crippen molar-refractivity contribution < 1.29 is 4.79 Å². The van der Waals surface area contributed by atoms with E-state index in [1.807, 2.05) is 13.0 Å². The molecule has 0 spiro atoms. The molecule has 1 rings (SSSR count). The molecule has 0 aliphatic carbocycles. The lowest BCUT2D eigenvalue weighted by atomic mass is 10.1. The van der Waals surface area contributed by atoms with Gasteiger partial charge in [-0.25, -0.2) is 0 Å². The molecule has 0 saturated carbocycles. The summed E-state index contributed by atoms with van der Waals surface area (Å²) in [7, 11) is 1.64. The number of pyridine rings is 1. The molecule has 4 heteroatoms. The van der Waals surface area contributed by atoms with Crippen molar-refractivity contribution in [2.75, 3.05) is 7.05 Å². The highest BCUT2D eigenvalue weighted by molar-refractivity contribution is 5.80. The molecule has 2 N–H and O–H groups in total. The smallest absolute Gasteiger partial charge is 0.236 e. The van der Waals surface area contributed by atoms with Crippen molar-refractivity contribution in [3.8, 4) is 0 Å². The van der Waals surface area contributed by atoms with Gasteiger partial charge in [0.2, 0.25) is 5.91 Å². The lowest BCUT2D eigenvalue weighted by Gasteiger charge is -2.13. The number of hydrogen-bond acceptors (Lipinski definition) is 3. The Morgan fingerprint density at radius 1 is 1.56 bits per heavy atom. The van der Waals surface area contributed by atoms with E-state index in [1.165, 1.54) is 5.56 Å². The molecule has 0 radical (unpaired) electrons. The van der Waals surface area contributed by atoms with Crippen LogP contribution in [-0.4, -0.2) is 24.0 Å². The van der Waals surface area contributed by atoms with E-state index in [4.69, 9.17) is 0 Å². The molecule has 1 aromatic heterocycles. The van der Waals surface area contributed by atoms with E-state index < -0.39 is 0 Å². The first-order chi connectivity index (χ1) is 7.69. The van der Waals surface area contributed by atoms with Gasteiger partial charge >= 0.3 is 0 Å². The second kappa shape index (κ2) is 6.23. The van der Waals surface area contributed by atoms with Crippen LogP contribution in [0.4, 0.5) is 0 Å². The number of nitrogens with zero attached hydrogens (tertiary/aromatic N) is 1. The number of carbonyl (C=O) groups is 1. The molecule has 0 saturated heterocycles. The van der Waals surface area contributed by atoms with Crippen molar-refractivity contribution in [3.05, 3.63) is 29.6 Å². The molecule has 4 nitrogen and oxygen atoms in total. The van der Waals surface area contributed by atoms with Gasteiger partial charge in [-0.1, -0.05) is 13.0 Å². The van der Waals surface area contributed by atoms with Crippen molar-refractivity contribution in [2.45, 2.75) is 32.9 Å². The van der Waals surface area contributed by atoms with E-state index >= 15 is 0 Å². The number of hydrogen-bond donors (Lipinski definition) is 2. The zero-order valence-electron chi connectivity index (χ0n) is 10.1. The van der Waals surface area contributed by atoms with Gasteiger partial charge in [-0.2, -0.15) is 0 Å². The standard InChI is InChI=1S/C12H19N3O/c1-4-10-6-5-7-14-11(10)8-15-9(2)12(16)13-3/h5-7,9,15H,4,8H2,1-3H3,(H,13,16). The largest absolute Gasteiger partial charge is 0.358 e. The van der Waals surface area contributed by atoms with Gasteiger partial charge in [0.1, 0.15) is 0 Å². The number of carbonyl (C=O) groups excluding carboxylic acids is 1. The van der Waals surface area contributed by atoms with Crippen molar-refractivity contribution in [1.82, 2.24) is 15.6 Å². The maximum atomic E-state index is 11.3. The number of rotatable bonds is 5. The van der Waals surface area contributed by atoms with Gasteiger partial charge in [0.25, 0.3) is 0 Å². The van der Waals surface area contributed by atoms with Crippen LogP contribution in [-0.2, 0) is 17.8 Å². The molecule has 0 aromatic carbocycles. The van der Waals surface area contributed by atoms with Crippen molar-refractivity contribution in [2.24, 2.45) is 0 Å². The highest BCUT2D eigenvalue weighted by Gasteiger charge is 2.10. The highest BCUT2D eigenvalue weighted by Crippen LogP contribution is 2.05. The van der Waals surface area contributed by atoms with Crippen LogP contribution in [0.2, 0.25) is 0 Å². The lowest BCUT2D eigenvalue weighted by Crippen LogP contribution is -2.40. The fourth-order valence-electron chi connectivity index (χ4n) is 1.51. The van der Waals surface area contributed by atoms with Crippen LogP contribution in [0.25, 0.3) is 0 Å². The first-order valence-electron chi connectivity index (χ1n) is 5.56. The zero-order valence-corrected chi connectivity index (χ0v) is 10.1. The van der Waals surface area contributed by atoms with Gasteiger partial charge in [-0.05, 0) is 25.0 Å². The second-order valence-electron chi connectivity index (χ2n) is 3.68. The van der Waals surface area contributed by atoms with E-state index in [1.54, 1.807) is 13.2 Å². The predicted molar refractivity (Wildman–Crippen MR) is 64.0 cm³/mol. The second-order valence-corrected chi connectivity index (χ2v) is 3.68. The Hall–Kier alpha value is -1.42. The summed E-state index contributed by atoms with van der Waals surface area (Å²) < 4.78 is 0. The molecule has 1 aromatic rings. The third-order valence-electron chi connectivity index (χ3n) is 2.58. The van der Waals surface area contributed by atoms with Crippen LogP contribution in [0.15, 0.2) is 18.3 Å². The first kappa shape index (κ1) is 12.6. The monoisotopic (exact) mass is 221 g/mol. The summed E-state index contributed by atoms with van der Waals surface area (Å²) in [5.41, 5.74) is 2.24. The molecule has 1 atom stereocenters. The molecule has 1 heterocycles. The highest BCUT2D eigenvalue weighted by atomic mass is 16.2. The van der Waals surface area contributed by atoms with Crippen molar-refractivity contribution in [3.63, 3.8) is 0 Å². The third-order valence-corrected chi connectivity index (χ3v) is 2.58. The molecule has 0 aliphatic heterocycles. The molecule has 0 aliphatic rings. The molecular formula is C12H19N3O. The summed E-state index contributed by atoms with van der Waals surface area (Å²) in [6.07, 6.45) is 2.74. The van der Waals surface area contributed by atoms with E-state index in [9.17, 15) is 4.79 Å². The first-order valence-corrected chi connectivity index (χ1v) is 5.56. The SMILES string of the molecule is CCc1cccnc1CNC(C)C(=O)NC. The van der Waals surface area contributed by atoms with E-state index in [2.05, 4.69) is 28.6 Å². The van der Waals surface area contributed by atoms with Crippen LogP contribution in [0.1, 0.15) is 25.1 Å². The van der Waals surface area contributed by atoms with E-state index in [-0.39, 0.29) is 11.9 Å². The van der Waals surface area contributed by atoms with Gasteiger partial charge in [0.05, 0.1) is 11.7 Å². The van der Waals surface area contributed by atoms with E-state index in [0.29, 0.717) is 6.54 Å². The maximum absolute atomic E-state index is 11.3. The average Bonchev–Trinajstić information content (AvgIpc) is 2.35. The van der Waals surface area contributed by atoms with Gasteiger partial charge in [0, 0.05) is 19.8 Å². The number of amides is 1. The van der Waals surface area contributed by atoms with Gasteiger partial charge in [-0.3, -0.25) is 9.78 Å². The van der Waals surface area contributed by atoms with Crippen LogP contribution in [0.3, 0.4) is 0 Å². The number of likely N-dealkylation sites (N-methyl/N-ethyl adjacent to an activating group) is 1. The third kappa shape index (κ3) is 3.31. The minimum Gasteiger partial charge on any atom is -0.358 e. The van der Waals surface area contributed by atoms with E-state index in [0.717, 1.165) is 12.1 Å². The van der Waals surface area contributed by atoms with Crippen LogP contribution in [0, 0.1) is 0 Å². The van der Waals surface area contributed by atoms with Gasteiger partial charge < -0.3 is 10.6 Å². The van der Waals surface area contributed by atoms with Crippen molar-refractivity contribution in [1.29, 1.82) is 0 Å².